The second-order valence-corrected chi connectivity index (χ2v) is 7.93. The van der Waals surface area contributed by atoms with Crippen molar-refractivity contribution in [2.24, 2.45) is 5.41 Å². The summed E-state index contributed by atoms with van der Waals surface area (Å²) in [6.45, 7) is 11.8. The molecule has 4 heteroatoms. The molecule has 23 heavy (non-hydrogen) atoms. The lowest BCUT2D eigenvalue weighted by Crippen LogP contribution is -2.48. The van der Waals surface area contributed by atoms with Crippen molar-refractivity contribution in [3.8, 4) is 5.75 Å². The molecule has 0 N–H and O–H groups in total. The number of benzene rings is 1. The Morgan fingerprint density at radius 2 is 1.91 bits per heavy atom. The van der Waals surface area contributed by atoms with E-state index in [1.807, 2.05) is 4.90 Å². The molecule has 0 aromatic heterocycles. The summed E-state index contributed by atoms with van der Waals surface area (Å²) in [5.41, 5.74) is 2.76. The Kier molecular flexibility index (Phi) is 4.62. The van der Waals surface area contributed by atoms with E-state index in [1.165, 1.54) is 11.1 Å². The lowest BCUT2D eigenvalue weighted by atomic mass is 9.91. The van der Waals surface area contributed by atoms with E-state index < -0.39 is 0 Å². The van der Waals surface area contributed by atoms with Gasteiger partial charge in [0.25, 0.3) is 0 Å². The molecule has 126 valence electrons. The smallest absolute Gasteiger partial charge is 0.223 e. The molecule has 2 heterocycles. The first kappa shape index (κ1) is 16.3. The van der Waals surface area contributed by atoms with Crippen LogP contribution in [0.15, 0.2) is 18.2 Å². The lowest BCUT2D eigenvalue weighted by Gasteiger charge is -2.36. The minimum atomic E-state index is 0.0701. The van der Waals surface area contributed by atoms with E-state index in [0.717, 1.165) is 51.5 Å². The van der Waals surface area contributed by atoms with Crippen LogP contribution in [0.5, 0.6) is 5.75 Å². The summed E-state index contributed by atoms with van der Waals surface area (Å²) in [6, 6.07) is 6.54. The molecule has 0 radical (unpaired) electrons. The molecule has 1 amide bonds. The average Bonchev–Trinajstić information content (AvgIpc) is 2.94. The Hall–Kier alpha value is -1.55. The van der Waals surface area contributed by atoms with Crippen molar-refractivity contribution < 1.29 is 9.53 Å². The van der Waals surface area contributed by atoms with Crippen molar-refractivity contribution in [3.63, 3.8) is 0 Å². The van der Waals surface area contributed by atoms with Gasteiger partial charge in [0, 0.05) is 45.6 Å². The lowest BCUT2D eigenvalue weighted by molar-refractivity contribution is -0.134. The monoisotopic (exact) mass is 316 g/mol. The maximum atomic E-state index is 12.3. The number of hydrogen-bond donors (Lipinski definition) is 0. The van der Waals surface area contributed by atoms with Gasteiger partial charge in [0.15, 0.2) is 0 Å². The fourth-order valence-electron chi connectivity index (χ4n) is 3.32. The zero-order valence-corrected chi connectivity index (χ0v) is 14.6. The molecule has 2 aliphatic heterocycles. The fraction of sp³-hybridized carbons (Fsp3) is 0.632. The number of rotatable bonds is 3. The highest BCUT2D eigenvalue weighted by molar-refractivity contribution is 5.76. The van der Waals surface area contributed by atoms with Crippen molar-refractivity contribution in [2.45, 2.75) is 40.2 Å². The summed E-state index contributed by atoms with van der Waals surface area (Å²) < 4.78 is 5.57. The molecule has 1 fully saturated rings. The zero-order chi connectivity index (χ0) is 16.4. The summed E-state index contributed by atoms with van der Waals surface area (Å²) in [6.07, 6.45) is 1.66. The van der Waals surface area contributed by atoms with E-state index in [-0.39, 0.29) is 5.41 Å². The van der Waals surface area contributed by atoms with Crippen molar-refractivity contribution in [1.82, 2.24) is 9.80 Å². The first-order chi connectivity index (χ1) is 10.9. The first-order valence-electron chi connectivity index (χ1n) is 8.65. The van der Waals surface area contributed by atoms with Crippen molar-refractivity contribution in [3.05, 3.63) is 29.3 Å². The Labute approximate surface area is 139 Å². The van der Waals surface area contributed by atoms with Crippen LogP contribution in [0.4, 0.5) is 0 Å². The van der Waals surface area contributed by atoms with Gasteiger partial charge in [-0.2, -0.15) is 0 Å². The van der Waals surface area contributed by atoms with Crippen LogP contribution < -0.4 is 4.74 Å². The molecule has 1 aromatic rings. The molecule has 0 aliphatic carbocycles. The van der Waals surface area contributed by atoms with Gasteiger partial charge in [-0.05, 0) is 22.6 Å². The van der Waals surface area contributed by atoms with Gasteiger partial charge in [-0.25, -0.2) is 0 Å². The molecule has 3 rings (SSSR count). The molecule has 4 nitrogen and oxygen atoms in total. The number of carbonyl (C=O) groups is 1. The van der Waals surface area contributed by atoms with Crippen molar-refractivity contribution >= 4 is 5.91 Å². The molecule has 0 atom stereocenters. The Balaban J connectivity index is 1.50. The predicted molar refractivity (Wildman–Crippen MR) is 91.6 cm³/mol. The second-order valence-electron chi connectivity index (χ2n) is 7.93. The van der Waals surface area contributed by atoms with Crippen molar-refractivity contribution in [1.29, 1.82) is 0 Å². The molecular formula is C19H28N2O2. The quantitative estimate of drug-likeness (QED) is 0.859. The van der Waals surface area contributed by atoms with Crippen LogP contribution >= 0.6 is 0 Å². The van der Waals surface area contributed by atoms with Gasteiger partial charge >= 0.3 is 0 Å². The maximum absolute atomic E-state index is 12.3. The van der Waals surface area contributed by atoms with E-state index in [9.17, 15) is 4.79 Å². The molecule has 2 aliphatic rings. The zero-order valence-electron chi connectivity index (χ0n) is 14.6. The number of ether oxygens (including phenoxy) is 1. The highest BCUT2D eigenvalue weighted by Crippen LogP contribution is 2.26. The normalized spacial score (nSPS) is 18.7. The van der Waals surface area contributed by atoms with E-state index in [0.29, 0.717) is 12.3 Å². The molecule has 1 aromatic carbocycles. The van der Waals surface area contributed by atoms with Crippen LogP contribution in [0.25, 0.3) is 0 Å². The van der Waals surface area contributed by atoms with Gasteiger partial charge in [-0.3, -0.25) is 9.69 Å². The van der Waals surface area contributed by atoms with Gasteiger partial charge in [0.1, 0.15) is 5.75 Å². The largest absolute Gasteiger partial charge is 0.493 e. The van der Waals surface area contributed by atoms with Crippen LogP contribution in [0.1, 0.15) is 38.3 Å². The minimum Gasteiger partial charge on any atom is -0.493 e. The third kappa shape index (κ3) is 4.25. The van der Waals surface area contributed by atoms with Gasteiger partial charge in [-0.1, -0.05) is 32.9 Å². The van der Waals surface area contributed by atoms with Crippen LogP contribution in [0, 0.1) is 5.41 Å². The molecule has 0 bridgehead atoms. The Morgan fingerprint density at radius 3 is 2.61 bits per heavy atom. The molecule has 0 saturated carbocycles. The number of nitrogens with zero attached hydrogens (tertiary/aromatic N) is 2. The summed E-state index contributed by atoms with van der Waals surface area (Å²) in [7, 11) is 0. The molecule has 0 unspecified atom stereocenters. The topological polar surface area (TPSA) is 32.8 Å². The van der Waals surface area contributed by atoms with E-state index in [1.54, 1.807) is 0 Å². The second kappa shape index (κ2) is 6.52. The van der Waals surface area contributed by atoms with Crippen LogP contribution in [-0.2, 0) is 17.8 Å². The maximum Gasteiger partial charge on any atom is 0.223 e. The number of amides is 1. The number of piperazine rings is 1. The summed E-state index contributed by atoms with van der Waals surface area (Å²) >= 11 is 0. The van der Waals surface area contributed by atoms with Crippen LogP contribution in [0.2, 0.25) is 0 Å². The third-order valence-electron chi connectivity index (χ3n) is 4.57. The third-order valence-corrected chi connectivity index (χ3v) is 4.57. The summed E-state index contributed by atoms with van der Waals surface area (Å²) in [4.78, 5) is 16.8. The summed E-state index contributed by atoms with van der Waals surface area (Å²) in [5, 5.41) is 0. The molecule has 0 spiro atoms. The van der Waals surface area contributed by atoms with Gasteiger partial charge < -0.3 is 9.64 Å². The first-order valence-corrected chi connectivity index (χ1v) is 8.65. The summed E-state index contributed by atoms with van der Waals surface area (Å²) in [5.74, 6) is 1.35. The van der Waals surface area contributed by atoms with Gasteiger partial charge in [-0.15, -0.1) is 0 Å². The number of carbonyl (C=O) groups excluding carboxylic acids is 1. The van der Waals surface area contributed by atoms with Crippen molar-refractivity contribution in [2.75, 3.05) is 32.8 Å². The van der Waals surface area contributed by atoms with E-state index in [4.69, 9.17) is 4.74 Å². The van der Waals surface area contributed by atoms with E-state index >= 15 is 0 Å². The van der Waals surface area contributed by atoms with E-state index in [2.05, 4.69) is 43.9 Å². The van der Waals surface area contributed by atoms with Crippen LogP contribution in [0.3, 0.4) is 0 Å². The Bertz CT molecular complexity index is 569. The van der Waals surface area contributed by atoms with Gasteiger partial charge in [0.2, 0.25) is 5.91 Å². The minimum absolute atomic E-state index is 0.0701. The standard InChI is InChI=1S/C19H28N2O2/c1-19(2,3)13-18(22)21-9-7-20(8-10-21)14-15-4-5-17-16(12-15)6-11-23-17/h4-5,12H,6-11,13-14H2,1-3H3. The highest BCUT2D eigenvalue weighted by Gasteiger charge is 2.25. The predicted octanol–water partition coefficient (Wildman–Crippen LogP) is 2.70. The average molecular weight is 316 g/mol. The highest BCUT2D eigenvalue weighted by atomic mass is 16.5. The SMILES string of the molecule is CC(C)(C)CC(=O)N1CCN(Cc2ccc3c(c2)CCO3)CC1. The van der Waals surface area contributed by atoms with Gasteiger partial charge in [0.05, 0.1) is 6.61 Å². The van der Waals surface area contributed by atoms with Crippen LogP contribution in [-0.4, -0.2) is 48.5 Å². The molecule has 1 saturated heterocycles. The fourth-order valence-corrected chi connectivity index (χ4v) is 3.32. The number of fused-ring (bicyclic) bond motifs is 1. The number of hydrogen-bond acceptors (Lipinski definition) is 3. The Morgan fingerprint density at radius 1 is 1.17 bits per heavy atom. The molecular weight excluding hydrogens is 288 g/mol.